The Hall–Kier alpha value is -6.73. The number of carbonyl (C=O) groups excluding carboxylic acids is 6. The van der Waals surface area contributed by atoms with Gasteiger partial charge in [0.1, 0.15) is 11.8 Å². The molecule has 1 unspecified atom stereocenters. The van der Waals surface area contributed by atoms with Crippen LogP contribution in [0.3, 0.4) is 0 Å². The number of carbonyl (C=O) groups is 6. The summed E-state index contributed by atoms with van der Waals surface area (Å²) in [6.07, 6.45) is 6.30. The van der Waals surface area contributed by atoms with Gasteiger partial charge in [0.2, 0.25) is 17.7 Å². The zero-order chi connectivity index (χ0) is 51.5. The first-order valence-electron chi connectivity index (χ1n) is 24.9. The number of rotatable bonds is 22. The number of aromatic nitrogens is 1. The van der Waals surface area contributed by atoms with E-state index in [1.165, 1.54) is 6.07 Å². The Balaban J connectivity index is 0.822. The molecule has 3 saturated heterocycles. The molecule has 6 amide bonds. The van der Waals surface area contributed by atoms with Crippen molar-refractivity contribution in [3.63, 3.8) is 0 Å². The molecule has 4 aliphatic rings. The molecule has 0 aliphatic carbocycles. The molecule has 18 nitrogen and oxygen atoms in total. The summed E-state index contributed by atoms with van der Waals surface area (Å²) in [5, 5.41) is 8.12. The molecule has 0 radical (unpaired) electrons. The summed E-state index contributed by atoms with van der Waals surface area (Å²) < 4.78 is 17.2. The number of anilines is 1. The van der Waals surface area contributed by atoms with E-state index in [0.29, 0.717) is 57.1 Å². The van der Waals surface area contributed by atoms with Crippen LogP contribution in [0.5, 0.6) is 5.75 Å². The second-order valence-corrected chi connectivity index (χ2v) is 18.8. The molecule has 7 rings (SSSR count). The molecular weight excluding hydrogens is 921 g/mol. The minimum absolute atomic E-state index is 0.0375. The van der Waals surface area contributed by atoms with E-state index in [1.807, 2.05) is 45.1 Å². The molecule has 384 valence electrons. The van der Waals surface area contributed by atoms with E-state index in [9.17, 15) is 33.6 Å². The summed E-state index contributed by atoms with van der Waals surface area (Å²) in [7, 11) is 0. The molecule has 72 heavy (non-hydrogen) atoms. The quantitative estimate of drug-likeness (QED) is 0.0639. The molecule has 4 aliphatic heterocycles. The van der Waals surface area contributed by atoms with Gasteiger partial charge in [-0.1, -0.05) is 31.4 Å². The first-order chi connectivity index (χ1) is 34.6. The molecular formula is C54H68N8O10. The Morgan fingerprint density at radius 3 is 2.33 bits per heavy atom. The van der Waals surface area contributed by atoms with Gasteiger partial charge in [-0.05, 0) is 105 Å². The number of aromatic amines is 1. The van der Waals surface area contributed by atoms with Gasteiger partial charge in [-0.2, -0.15) is 0 Å². The summed E-state index contributed by atoms with van der Waals surface area (Å²) in [4.78, 5) is 100. The Morgan fingerprint density at radius 2 is 1.62 bits per heavy atom. The van der Waals surface area contributed by atoms with Gasteiger partial charge in [-0.15, -0.1) is 0 Å². The molecule has 5 heterocycles. The molecule has 0 bridgehead atoms. The Kier molecular flexibility index (Phi) is 18.1. The third kappa shape index (κ3) is 13.0. The van der Waals surface area contributed by atoms with Gasteiger partial charge in [-0.3, -0.25) is 53.6 Å². The summed E-state index contributed by atoms with van der Waals surface area (Å²) in [6, 6.07) is 9.84. The van der Waals surface area contributed by atoms with Crippen molar-refractivity contribution in [3.05, 3.63) is 122 Å². The van der Waals surface area contributed by atoms with E-state index in [2.05, 4.69) is 61.8 Å². The number of imide groups is 2. The number of amides is 6. The lowest BCUT2D eigenvalue weighted by Crippen LogP contribution is -2.54. The molecule has 0 spiro atoms. The van der Waals surface area contributed by atoms with Crippen LogP contribution in [0.25, 0.3) is 5.57 Å². The number of ether oxygens (including phenoxy) is 3. The topological polar surface area (TPSA) is 212 Å². The van der Waals surface area contributed by atoms with Crippen molar-refractivity contribution in [1.29, 1.82) is 0 Å². The number of nitrogens with one attached hydrogen (secondary N) is 4. The van der Waals surface area contributed by atoms with Crippen molar-refractivity contribution >= 4 is 46.7 Å². The highest BCUT2D eigenvalue weighted by Gasteiger charge is 2.46. The van der Waals surface area contributed by atoms with E-state index in [4.69, 9.17) is 14.2 Å². The molecule has 1 atom stereocenters. The predicted molar refractivity (Wildman–Crippen MR) is 273 cm³/mol. The number of nitrogens with zero attached hydrogens (tertiary/aromatic N) is 4. The fourth-order valence-corrected chi connectivity index (χ4v) is 9.74. The molecule has 3 aromatic rings. The zero-order valence-electron chi connectivity index (χ0n) is 42.0. The Bertz CT molecular complexity index is 2660. The summed E-state index contributed by atoms with van der Waals surface area (Å²) in [5.41, 5.74) is 6.98. The summed E-state index contributed by atoms with van der Waals surface area (Å²) in [6.45, 7) is 23.9. The van der Waals surface area contributed by atoms with Gasteiger partial charge in [-0.25, -0.2) is 0 Å². The SMILES string of the molecule is C=C(/C=C\C(=C)c1cc(C(=O)NCc2c(C)cc(C)[nH]c2=O)c(C)c(N(CC)C2CCOCC2)c1)CN1CCN(CC(=O)NCCOCCCOc2cccc3c2C(=O)N(C2CCC(=O)NC2=O)C3=O)CC1. The smallest absolute Gasteiger partial charge is 0.266 e. The Morgan fingerprint density at radius 1 is 0.889 bits per heavy atom. The van der Waals surface area contributed by atoms with Crippen molar-refractivity contribution in [1.82, 2.24) is 35.6 Å². The van der Waals surface area contributed by atoms with Crippen molar-refractivity contribution in [2.24, 2.45) is 0 Å². The van der Waals surface area contributed by atoms with Crippen LogP contribution in [0.15, 0.2) is 72.1 Å². The van der Waals surface area contributed by atoms with Crippen LogP contribution in [0, 0.1) is 20.8 Å². The van der Waals surface area contributed by atoms with Crippen molar-refractivity contribution in [3.8, 4) is 5.75 Å². The highest BCUT2D eigenvalue weighted by molar-refractivity contribution is 6.24. The maximum Gasteiger partial charge on any atom is 0.266 e. The van der Waals surface area contributed by atoms with Gasteiger partial charge in [0.05, 0.1) is 30.9 Å². The maximum atomic E-state index is 13.9. The predicted octanol–water partition coefficient (Wildman–Crippen LogP) is 3.98. The molecule has 0 saturated carbocycles. The number of H-pyrrole nitrogens is 1. The first kappa shape index (κ1) is 53.1. The highest BCUT2D eigenvalue weighted by Crippen LogP contribution is 2.35. The Labute approximate surface area is 420 Å². The van der Waals surface area contributed by atoms with Crippen LogP contribution in [-0.2, 0) is 30.4 Å². The van der Waals surface area contributed by atoms with E-state index >= 15 is 0 Å². The molecule has 4 N–H and O–H groups in total. The third-order valence-corrected chi connectivity index (χ3v) is 13.7. The third-order valence-electron chi connectivity index (χ3n) is 13.7. The molecule has 3 fully saturated rings. The van der Waals surface area contributed by atoms with Crippen molar-refractivity contribution in [2.45, 2.75) is 78.4 Å². The zero-order valence-corrected chi connectivity index (χ0v) is 42.0. The van der Waals surface area contributed by atoms with E-state index in [-0.39, 0.29) is 72.8 Å². The van der Waals surface area contributed by atoms with Gasteiger partial charge in [0, 0.05) is 114 Å². The molecule has 1 aromatic heterocycles. The maximum absolute atomic E-state index is 13.9. The average molecular weight is 989 g/mol. The van der Waals surface area contributed by atoms with Gasteiger partial charge < -0.3 is 34.7 Å². The number of aryl methyl sites for hydroxylation is 2. The lowest BCUT2D eigenvalue weighted by atomic mass is 9.95. The second kappa shape index (κ2) is 24.6. The normalized spacial score (nSPS) is 17.8. The summed E-state index contributed by atoms with van der Waals surface area (Å²) in [5.74, 6) is -2.44. The number of hydrogen-bond donors (Lipinski definition) is 4. The number of benzene rings is 2. The first-order valence-corrected chi connectivity index (χ1v) is 24.9. The van der Waals surface area contributed by atoms with Gasteiger partial charge in [0.25, 0.3) is 23.3 Å². The van der Waals surface area contributed by atoms with E-state index in [0.717, 1.165) is 89.7 Å². The number of piperidine rings is 1. The van der Waals surface area contributed by atoms with E-state index in [1.54, 1.807) is 12.1 Å². The number of pyridine rings is 1. The number of allylic oxidation sites excluding steroid dienone is 2. The fraction of sp³-hybridized carbons (Fsp3) is 0.463. The standard InChI is InChI=1S/C54H68N8O10/c1-7-61(40-16-25-71-26-17-40)45-30-39(29-42(38(45)6)50(65)56-31-43-36(4)28-37(5)57-51(43)66)35(3)13-12-34(2)32-59-19-21-60(22-20-59)33-48(64)55-18-27-70-23-9-24-72-46-11-8-10-41-49(46)54(69)62(53(41)68)44-14-15-47(63)58-52(44)67/h8,10-13,28-30,40,44H,2-3,7,9,14-27,31-33H2,1,4-6H3,(H,55,64)(H,56,65)(H,57,66)(H,58,63,67)/b13-12-. The fourth-order valence-electron chi connectivity index (χ4n) is 9.74. The lowest BCUT2D eigenvalue weighted by molar-refractivity contribution is -0.136. The van der Waals surface area contributed by atoms with Gasteiger partial charge in [0.15, 0.2) is 0 Å². The van der Waals surface area contributed by atoms with Crippen LogP contribution < -0.4 is 31.1 Å². The minimum Gasteiger partial charge on any atom is -0.493 e. The van der Waals surface area contributed by atoms with Crippen LogP contribution >= 0.6 is 0 Å². The highest BCUT2D eigenvalue weighted by atomic mass is 16.5. The molecule has 2 aromatic carbocycles. The number of fused-ring (bicyclic) bond motifs is 1. The second-order valence-electron chi connectivity index (χ2n) is 18.8. The van der Waals surface area contributed by atoms with Crippen LogP contribution in [0.1, 0.15) is 98.0 Å². The largest absolute Gasteiger partial charge is 0.493 e. The average Bonchev–Trinajstić information content (AvgIpc) is 3.61. The monoisotopic (exact) mass is 989 g/mol. The lowest BCUT2D eigenvalue weighted by Gasteiger charge is -2.37. The van der Waals surface area contributed by atoms with Crippen LogP contribution in [0.2, 0.25) is 0 Å². The number of hydrogen-bond acceptors (Lipinski definition) is 13. The molecule has 18 heteroatoms. The van der Waals surface area contributed by atoms with Crippen molar-refractivity contribution < 1.29 is 43.0 Å². The van der Waals surface area contributed by atoms with Crippen LogP contribution in [0.4, 0.5) is 5.69 Å². The van der Waals surface area contributed by atoms with Crippen LogP contribution in [-0.4, -0.2) is 153 Å². The minimum atomic E-state index is -1.06. The van der Waals surface area contributed by atoms with Crippen molar-refractivity contribution in [2.75, 3.05) is 90.3 Å². The van der Waals surface area contributed by atoms with Gasteiger partial charge >= 0.3 is 0 Å². The van der Waals surface area contributed by atoms with E-state index < -0.39 is 29.7 Å². The summed E-state index contributed by atoms with van der Waals surface area (Å²) >= 11 is 0. The number of piperazine rings is 1.